The molecular formula is C13H26N2O2. The largest absolute Gasteiger partial charge is 0.389 e. The number of aliphatic hydroxyl groups is 1. The summed E-state index contributed by atoms with van der Waals surface area (Å²) in [6, 6.07) is 0. The highest BCUT2D eigenvalue weighted by molar-refractivity contribution is 5.77. The molecule has 1 aliphatic rings. The van der Waals surface area contributed by atoms with E-state index >= 15 is 0 Å². The van der Waals surface area contributed by atoms with Crippen LogP contribution in [0.3, 0.4) is 0 Å². The zero-order chi connectivity index (χ0) is 13.1. The van der Waals surface area contributed by atoms with E-state index in [2.05, 4.69) is 24.1 Å². The number of nitrogens with one attached hydrogen (secondary N) is 1. The minimum absolute atomic E-state index is 0.0377. The van der Waals surface area contributed by atoms with Gasteiger partial charge >= 0.3 is 0 Å². The third-order valence-electron chi connectivity index (χ3n) is 3.95. The van der Waals surface area contributed by atoms with E-state index in [9.17, 15) is 9.90 Å². The average Bonchev–Trinajstić information content (AvgIpc) is 2.62. The van der Waals surface area contributed by atoms with Gasteiger partial charge in [0.1, 0.15) is 0 Å². The first-order valence-corrected chi connectivity index (χ1v) is 6.42. The van der Waals surface area contributed by atoms with E-state index in [1.165, 1.54) is 0 Å². The highest BCUT2D eigenvalue weighted by Crippen LogP contribution is 2.32. The summed E-state index contributed by atoms with van der Waals surface area (Å²) in [5.41, 5.74) is -0.805. The third-order valence-corrected chi connectivity index (χ3v) is 3.95. The van der Waals surface area contributed by atoms with Crippen molar-refractivity contribution < 1.29 is 9.90 Å². The summed E-state index contributed by atoms with van der Waals surface area (Å²) in [5.74, 6) is -0.0377. The van der Waals surface area contributed by atoms with Crippen LogP contribution in [-0.4, -0.2) is 47.7 Å². The average molecular weight is 242 g/mol. The molecule has 1 aliphatic carbocycles. The molecule has 1 fully saturated rings. The Kier molecular flexibility index (Phi) is 4.55. The van der Waals surface area contributed by atoms with Crippen LogP contribution in [0.5, 0.6) is 0 Å². The number of hydrogen-bond acceptors (Lipinski definition) is 3. The molecule has 1 rings (SSSR count). The van der Waals surface area contributed by atoms with E-state index in [0.717, 1.165) is 25.7 Å². The van der Waals surface area contributed by atoms with Crippen LogP contribution in [-0.2, 0) is 4.79 Å². The molecule has 0 spiro atoms. The Hall–Kier alpha value is -0.610. The second-order valence-corrected chi connectivity index (χ2v) is 6.09. The predicted molar refractivity (Wildman–Crippen MR) is 68.8 cm³/mol. The summed E-state index contributed by atoms with van der Waals surface area (Å²) in [7, 11) is 3.99. The number of hydrogen-bond donors (Lipinski definition) is 2. The van der Waals surface area contributed by atoms with Crippen molar-refractivity contribution in [3.63, 3.8) is 0 Å². The van der Waals surface area contributed by atoms with E-state index in [-0.39, 0.29) is 17.9 Å². The molecule has 0 aromatic heterocycles. The van der Waals surface area contributed by atoms with Crippen LogP contribution in [0.15, 0.2) is 0 Å². The zero-order valence-electron chi connectivity index (χ0n) is 11.5. The van der Waals surface area contributed by atoms with E-state index in [1.807, 2.05) is 14.1 Å². The molecule has 4 nitrogen and oxygen atoms in total. The zero-order valence-corrected chi connectivity index (χ0v) is 11.5. The summed E-state index contributed by atoms with van der Waals surface area (Å²) in [6.07, 6.45) is 3.84. The molecule has 0 bridgehead atoms. The minimum atomic E-state index is -0.744. The standard InChI is InChI=1S/C13H26N2O2/c1-12(2,15(3)4)10-14-11(16)9-13(17)7-5-6-8-13/h17H,5-10H2,1-4H3,(H,14,16). The topological polar surface area (TPSA) is 52.6 Å². The first-order chi connectivity index (χ1) is 7.75. The maximum Gasteiger partial charge on any atom is 0.222 e. The molecule has 0 saturated heterocycles. The molecule has 2 N–H and O–H groups in total. The van der Waals surface area contributed by atoms with E-state index < -0.39 is 5.60 Å². The van der Waals surface area contributed by atoms with E-state index in [0.29, 0.717) is 6.54 Å². The predicted octanol–water partition coefficient (Wildman–Crippen LogP) is 1.14. The van der Waals surface area contributed by atoms with Crippen molar-refractivity contribution in [2.45, 2.75) is 57.1 Å². The first-order valence-electron chi connectivity index (χ1n) is 6.42. The van der Waals surface area contributed by atoms with Crippen LogP contribution >= 0.6 is 0 Å². The smallest absolute Gasteiger partial charge is 0.222 e. The van der Waals surface area contributed by atoms with Crippen molar-refractivity contribution in [2.24, 2.45) is 0 Å². The van der Waals surface area contributed by atoms with Crippen LogP contribution in [0.2, 0.25) is 0 Å². The SMILES string of the molecule is CN(C)C(C)(C)CNC(=O)CC1(O)CCCC1. The lowest BCUT2D eigenvalue weighted by molar-refractivity contribution is -0.126. The summed E-state index contributed by atoms with van der Waals surface area (Å²) in [5, 5.41) is 13.0. The van der Waals surface area contributed by atoms with Crippen LogP contribution in [0.25, 0.3) is 0 Å². The second-order valence-electron chi connectivity index (χ2n) is 6.09. The van der Waals surface area contributed by atoms with Gasteiger partial charge in [-0.3, -0.25) is 4.79 Å². The molecule has 0 aromatic rings. The van der Waals surface area contributed by atoms with Gasteiger partial charge in [0, 0.05) is 12.1 Å². The third kappa shape index (κ3) is 4.28. The first kappa shape index (κ1) is 14.5. The molecule has 0 radical (unpaired) electrons. The monoisotopic (exact) mass is 242 g/mol. The second kappa shape index (κ2) is 5.36. The van der Waals surface area contributed by atoms with Gasteiger partial charge in [-0.15, -0.1) is 0 Å². The van der Waals surface area contributed by atoms with Gasteiger partial charge in [0.2, 0.25) is 5.91 Å². The van der Waals surface area contributed by atoms with E-state index in [4.69, 9.17) is 0 Å². The molecule has 0 aromatic carbocycles. The van der Waals surface area contributed by atoms with Crippen molar-refractivity contribution in [1.29, 1.82) is 0 Å². The molecule has 0 atom stereocenters. The van der Waals surface area contributed by atoms with E-state index in [1.54, 1.807) is 0 Å². The van der Waals surface area contributed by atoms with Crippen LogP contribution in [0.4, 0.5) is 0 Å². The normalized spacial score (nSPS) is 19.6. The van der Waals surface area contributed by atoms with Crippen molar-refractivity contribution in [3.8, 4) is 0 Å². The Labute approximate surface area is 104 Å². The fourth-order valence-corrected chi connectivity index (χ4v) is 2.04. The minimum Gasteiger partial charge on any atom is -0.389 e. The van der Waals surface area contributed by atoms with Gasteiger partial charge in [0.15, 0.2) is 0 Å². The maximum absolute atomic E-state index is 11.8. The number of likely N-dealkylation sites (N-methyl/N-ethyl adjacent to an activating group) is 1. The number of amides is 1. The van der Waals surface area contributed by atoms with Crippen molar-refractivity contribution in [1.82, 2.24) is 10.2 Å². The van der Waals surface area contributed by atoms with Crippen molar-refractivity contribution >= 4 is 5.91 Å². The summed E-state index contributed by atoms with van der Waals surface area (Å²) in [6.45, 7) is 4.77. The Morgan fingerprint density at radius 2 is 1.88 bits per heavy atom. The Bertz CT molecular complexity index is 269. The van der Waals surface area contributed by atoms with Gasteiger partial charge in [-0.1, -0.05) is 12.8 Å². The fraction of sp³-hybridized carbons (Fsp3) is 0.923. The quantitative estimate of drug-likeness (QED) is 0.760. The highest BCUT2D eigenvalue weighted by atomic mass is 16.3. The number of carbonyl (C=O) groups excluding carboxylic acids is 1. The van der Waals surface area contributed by atoms with Crippen molar-refractivity contribution in [3.05, 3.63) is 0 Å². The maximum atomic E-state index is 11.8. The molecule has 4 heteroatoms. The Morgan fingerprint density at radius 3 is 2.35 bits per heavy atom. The van der Waals surface area contributed by atoms with Gasteiger partial charge in [-0.25, -0.2) is 0 Å². The molecule has 100 valence electrons. The van der Waals surface area contributed by atoms with Crippen LogP contribution in [0.1, 0.15) is 46.0 Å². The molecule has 1 saturated carbocycles. The highest BCUT2D eigenvalue weighted by Gasteiger charge is 2.33. The van der Waals surface area contributed by atoms with Crippen LogP contribution < -0.4 is 5.32 Å². The summed E-state index contributed by atoms with van der Waals surface area (Å²) in [4.78, 5) is 13.9. The van der Waals surface area contributed by atoms with Crippen LogP contribution in [0, 0.1) is 0 Å². The fourth-order valence-electron chi connectivity index (χ4n) is 2.04. The summed E-state index contributed by atoms with van der Waals surface area (Å²) < 4.78 is 0. The molecule has 0 unspecified atom stereocenters. The van der Waals surface area contributed by atoms with Gasteiger partial charge in [0.05, 0.1) is 12.0 Å². The van der Waals surface area contributed by atoms with Gasteiger partial charge < -0.3 is 15.3 Å². The lowest BCUT2D eigenvalue weighted by atomic mass is 9.97. The number of carbonyl (C=O) groups is 1. The van der Waals surface area contributed by atoms with Gasteiger partial charge in [-0.05, 0) is 40.8 Å². The lowest BCUT2D eigenvalue weighted by Gasteiger charge is -2.33. The molecule has 0 heterocycles. The molecular weight excluding hydrogens is 216 g/mol. The number of rotatable bonds is 5. The van der Waals surface area contributed by atoms with Gasteiger partial charge in [-0.2, -0.15) is 0 Å². The van der Waals surface area contributed by atoms with Crippen molar-refractivity contribution in [2.75, 3.05) is 20.6 Å². The molecule has 17 heavy (non-hydrogen) atoms. The lowest BCUT2D eigenvalue weighted by Crippen LogP contribution is -2.49. The molecule has 1 amide bonds. The van der Waals surface area contributed by atoms with Gasteiger partial charge in [0.25, 0.3) is 0 Å². The molecule has 0 aliphatic heterocycles. The summed E-state index contributed by atoms with van der Waals surface area (Å²) >= 11 is 0. The Balaban J connectivity index is 2.35. The Morgan fingerprint density at radius 1 is 1.35 bits per heavy atom. The number of nitrogens with zero attached hydrogens (tertiary/aromatic N) is 1.